The minimum atomic E-state index is 0.523. The van der Waals surface area contributed by atoms with Gasteiger partial charge >= 0.3 is 0 Å². The molecular weight excluding hydrogens is 110 g/mol. The molecule has 0 aromatic carbocycles. The Bertz CT molecular complexity index is 98.7. The molecule has 0 aromatic rings. The van der Waals surface area contributed by atoms with E-state index in [1.807, 2.05) is 0 Å². The van der Waals surface area contributed by atoms with Crippen molar-refractivity contribution in [1.29, 1.82) is 0 Å². The zero-order valence-corrected chi connectivity index (χ0v) is 6.59. The second kappa shape index (κ2) is 2.30. The number of hydrogen-bond acceptors (Lipinski definition) is 1. The molecule has 2 N–H and O–H groups in total. The lowest BCUT2D eigenvalue weighted by molar-refractivity contribution is 0.508. The molecule has 1 fully saturated rings. The Morgan fingerprint density at radius 1 is 1.44 bits per heavy atom. The van der Waals surface area contributed by atoms with Crippen LogP contribution in [0.3, 0.4) is 0 Å². The fourth-order valence-corrected chi connectivity index (χ4v) is 1.91. The Morgan fingerprint density at radius 2 is 2.00 bits per heavy atom. The summed E-state index contributed by atoms with van der Waals surface area (Å²) in [6.45, 7) is 6.76. The van der Waals surface area contributed by atoms with Crippen molar-refractivity contribution < 1.29 is 0 Å². The van der Waals surface area contributed by atoms with Gasteiger partial charge in [-0.05, 0) is 17.8 Å². The van der Waals surface area contributed by atoms with Crippen molar-refractivity contribution in [1.82, 2.24) is 0 Å². The highest BCUT2D eigenvalue weighted by molar-refractivity contribution is 5.01. The SMILES string of the molecule is CCC1C(N)[C@@H]1C(C)C. The molecule has 0 heterocycles. The molecule has 0 radical (unpaired) electrons. The van der Waals surface area contributed by atoms with Crippen LogP contribution >= 0.6 is 0 Å². The number of nitrogens with two attached hydrogens (primary N) is 1. The van der Waals surface area contributed by atoms with Gasteiger partial charge in [-0.3, -0.25) is 0 Å². The Hall–Kier alpha value is -0.0400. The summed E-state index contributed by atoms with van der Waals surface area (Å²) in [7, 11) is 0. The van der Waals surface area contributed by atoms with Crippen molar-refractivity contribution in [3.8, 4) is 0 Å². The quantitative estimate of drug-likeness (QED) is 0.599. The van der Waals surface area contributed by atoms with Crippen molar-refractivity contribution in [2.45, 2.75) is 33.2 Å². The first kappa shape index (κ1) is 7.07. The molecule has 3 atom stereocenters. The zero-order chi connectivity index (χ0) is 7.02. The highest BCUT2D eigenvalue weighted by Gasteiger charge is 2.47. The summed E-state index contributed by atoms with van der Waals surface area (Å²) < 4.78 is 0. The Balaban J connectivity index is 2.33. The lowest BCUT2D eigenvalue weighted by atomic mass is 10.1. The van der Waals surface area contributed by atoms with Crippen LogP contribution in [0, 0.1) is 17.8 Å². The molecule has 0 amide bonds. The molecule has 0 bridgehead atoms. The smallest absolute Gasteiger partial charge is 0.0104 e. The maximum atomic E-state index is 5.82. The van der Waals surface area contributed by atoms with Gasteiger partial charge in [0.25, 0.3) is 0 Å². The molecule has 0 aromatic heterocycles. The van der Waals surface area contributed by atoms with E-state index in [1.54, 1.807) is 0 Å². The van der Waals surface area contributed by atoms with Gasteiger partial charge in [-0.25, -0.2) is 0 Å². The van der Waals surface area contributed by atoms with Crippen molar-refractivity contribution in [2.24, 2.45) is 23.5 Å². The van der Waals surface area contributed by atoms with Gasteiger partial charge in [-0.15, -0.1) is 0 Å². The molecule has 0 aliphatic heterocycles. The molecule has 1 saturated carbocycles. The van der Waals surface area contributed by atoms with Gasteiger partial charge in [0, 0.05) is 6.04 Å². The van der Waals surface area contributed by atoms with Crippen LogP contribution < -0.4 is 5.73 Å². The van der Waals surface area contributed by atoms with Crippen LogP contribution in [-0.2, 0) is 0 Å². The highest BCUT2D eigenvalue weighted by Crippen LogP contribution is 2.44. The molecule has 1 aliphatic carbocycles. The third-order valence-electron chi connectivity index (χ3n) is 2.53. The van der Waals surface area contributed by atoms with Crippen LogP contribution in [0.1, 0.15) is 27.2 Å². The maximum absolute atomic E-state index is 5.82. The zero-order valence-electron chi connectivity index (χ0n) is 6.59. The standard InChI is InChI=1S/C8H17N/c1-4-6-7(5(2)3)8(6)9/h5-8H,4,9H2,1-3H3/t6?,7-,8?/m1/s1. The summed E-state index contributed by atoms with van der Waals surface area (Å²) in [6.07, 6.45) is 1.27. The minimum Gasteiger partial charge on any atom is -0.327 e. The maximum Gasteiger partial charge on any atom is 0.0104 e. The average Bonchev–Trinajstić information content (AvgIpc) is 2.40. The molecule has 1 heteroatoms. The van der Waals surface area contributed by atoms with Gasteiger partial charge in [0.1, 0.15) is 0 Å². The second-order valence-electron chi connectivity index (χ2n) is 3.47. The Kier molecular flexibility index (Phi) is 1.80. The first-order valence-corrected chi connectivity index (χ1v) is 3.94. The predicted octanol–water partition coefficient (Wildman–Crippen LogP) is 1.63. The molecule has 9 heavy (non-hydrogen) atoms. The minimum absolute atomic E-state index is 0.523. The number of rotatable bonds is 2. The van der Waals surface area contributed by atoms with Crippen molar-refractivity contribution in [2.75, 3.05) is 0 Å². The molecular formula is C8H17N. The van der Waals surface area contributed by atoms with E-state index in [0.29, 0.717) is 6.04 Å². The lowest BCUT2D eigenvalue weighted by Gasteiger charge is -1.99. The van der Waals surface area contributed by atoms with Crippen molar-refractivity contribution in [3.63, 3.8) is 0 Å². The van der Waals surface area contributed by atoms with Gasteiger partial charge in [-0.2, -0.15) is 0 Å². The fourth-order valence-electron chi connectivity index (χ4n) is 1.91. The van der Waals surface area contributed by atoms with Crippen LogP contribution in [0.25, 0.3) is 0 Å². The van der Waals surface area contributed by atoms with Gasteiger partial charge in [0.15, 0.2) is 0 Å². The molecule has 1 aliphatic rings. The van der Waals surface area contributed by atoms with Crippen molar-refractivity contribution >= 4 is 0 Å². The summed E-state index contributed by atoms with van der Waals surface area (Å²) in [5, 5.41) is 0. The largest absolute Gasteiger partial charge is 0.327 e. The molecule has 54 valence electrons. The summed E-state index contributed by atoms with van der Waals surface area (Å²) in [6, 6.07) is 0.523. The van der Waals surface area contributed by atoms with Gasteiger partial charge in [-0.1, -0.05) is 27.2 Å². The highest BCUT2D eigenvalue weighted by atomic mass is 14.8. The summed E-state index contributed by atoms with van der Waals surface area (Å²) in [5.74, 6) is 2.46. The average molecular weight is 127 g/mol. The second-order valence-corrected chi connectivity index (χ2v) is 3.47. The Morgan fingerprint density at radius 3 is 2.11 bits per heavy atom. The molecule has 0 spiro atoms. The first-order chi connectivity index (χ1) is 4.18. The summed E-state index contributed by atoms with van der Waals surface area (Å²) in [5.41, 5.74) is 5.82. The molecule has 1 nitrogen and oxygen atoms in total. The van der Waals surface area contributed by atoms with E-state index in [-0.39, 0.29) is 0 Å². The van der Waals surface area contributed by atoms with Gasteiger partial charge < -0.3 is 5.73 Å². The van der Waals surface area contributed by atoms with Crippen LogP contribution in [0.2, 0.25) is 0 Å². The monoisotopic (exact) mass is 127 g/mol. The fraction of sp³-hybridized carbons (Fsp3) is 1.00. The topological polar surface area (TPSA) is 26.0 Å². The molecule has 1 rings (SSSR count). The van der Waals surface area contributed by atoms with E-state index in [9.17, 15) is 0 Å². The summed E-state index contributed by atoms with van der Waals surface area (Å²) in [4.78, 5) is 0. The third kappa shape index (κ3) is 1.11. The number of hydrogen-bond donors (Lipinski definition) is 1. The van der Waals surface area contributed by atoms with Crippen LogP contribution in [0.4, 0.5) is 0 Å². The van der Waals surface area contributed by atoms with E-state index in [2.05, 4.69) is 20.8 Å². The third-order valence-corrected chi connectivity index (χ3v) is 2.53. The lowest BCUT2D eigenvalue weighted by Crippen LogP contribution is -2.05. The first-order valence-electron chi connectivity index (χ1n) is 3.94. The van der Waals surface area contributed by atoms with E-state index >= 15 is 0 Å². The van der Waals surface area contributed by atoms with Crippen molar-refractivity contribution in [3.05, 3.63) is 0 Å². The normalized spacial score (nSPS) is 41.7. The predicted molar refractivity (Wildman–Crippen MR) is 40.1 cm³/mol. The van der Waals surface area contributed by atoms with E-state index in [0.717, 1.165) is 17.8 Å². The van der Waals surface area contributed by atoms with E-state index in [1.165, 1.54) is 6.42 Å². The van der Waals surface area contributed by atoms with Crippen LogP contribution in [-0.4, -0.2) is 6.04 Å². The van der Waals surface area contributed by atoms with Gasteiger partial charge in [0.2, 0.25) is 0 Å². The van der Waals surface area contributed by atoms with Crippen LogP contribution in [0.15, 0.2) is 0 Å². The molecule has 0 saturated heterocycles. The Labute approximate surface area is 57.6 Å². The van der Waals surface area contributed by atoms with Crippen LogP contribution in [0.5, 0.6) is 0 Å². The summed E-state index contributed by atoms with van der Waals surface area (Å²) >= 11 is 0. The van der Waals surface area contributed by atoms with E-state index in [4.69, 9.17) is 5.73 Å². The van der Waals surface area contributed by atoms with E-state index < -0.39 is 0 Å². The van der Waals surface area contributed by atoms with Gasteiger partial charge in [0.05, 0.1) is 0 Å². The molecule has 2 unspecified atom stereocenters.